The molecule has 1 amide bonds. The van der Waals surface area contributed by atoms with Crippen LogP contribution in [0.3, 0.4) is 0 Å². The lowest BCUT2D eigenvalue weighted by atomic mass is 9.93. The van der Waals surface area contributed by atoms with Crippen LogP contribution < -0.4 is 5.32 Å². The molecule has 0 bridgehead atoms. The molecule has 0 aliphatic carbocycles. The number of rotatable bonds is 19. The van der Waals surface area contributed by atoms with E-state index in [0.717, 1.165) is 6.92 Å². The Morgan fingerprint density at radius 3 is 1.50 bits per heavy atom. The van der Waals surface area contributed by atoms with Gasteiger partial charge in [-0.15, -0.1) is 0 Å². The zero-order valence-corrected chi connectivity index (χ0v) is 36.7. The standard InChI is InChI=1S/C38H65NO29/c1-9-18(48)23(53)26(56)35(59-9)66-31-17(39-11(3)45)34(67-32-22(52)15(7-43)61-37(28(32)58)64-29(13(47)5-41)20(50)12(46)4-40)63-16(8-44)30(31)65-38-33(25(55)21(51)14(6-42)62-38)68-36-27(57)24(54)19(49)10(2)60-36/h4,9-10,12-38,41-44,46-58H,5-8H2,1-3H3,(H,39,45)/t9-,10-,12-,13+,14+,15+,16+,17+,18+,19+,20+,21-,22-,23+,24+,25-,26-,27-,28+,29+,30+,31+,32-,33+,34-,35-,36-,37-,38-/m0/s1. The van der Waals surface area contributed by atoms with Gasteiger partial charge in [-0.05, 0) is 13.8 Å². The van der Waals surface area contributed by atoms with E-state index in [9.17, 15) is 96.4 Å². The molecule has 0 unspecified atom stereocenters. The van der Waals surface area contributed by atoms with Gasteiger partial charge in [0.2, 0.25) is 5.91 Å². The van der Waals surface area contributed by atoms with Gasteiger partial charge in [-0.25, -0.2) is 0 Å². The molecular formula is C38H65NO29. The number of carbonyl (C=O) groups excluding carboxylic acids is 2. The molecule has 29 atom stereocenters. The van der Waals surface area contributed by atoms with Crippen LogP contribution in [0, 0.1) is 0 Å². The van der Waals surface area contributed by atoms with Crippen molar-refractivity contribution in [2.45, 2.75) is 199 Å². The Morgan fingerprint density at radius 2 is 1.00 bits per heavy atom. The molecule has 0 radical (unpaired) electrons. The van der Waals surface area contributed by atoms with E-state index in [1.165, 1.54) is 13.8 Å². The second-order valence-corrected chi connectivity index (χ2v) is 17.1. The molecule has 0 spiro atoms. The molecule has 30 nitrogen and oxygen atoms in total. The quantitative estimate of drug-likeness (QED) is 0.0534. The highest BCUT2D eigenvalue weighted by Gasteiger charge is 2.58. The first kappa shape index (κ1) is 57.0. The van der Waals surface area contributed by atoms with Gasteiger partial charge in [0.25, 0.3) is 0 Å². The summed E-state index contributed by atoms with van der Waals surface area (Å²) in [5.41, 5.74) is 0. The Bertz CT molecular complexity index is 1580. The van der Waals surface area contributed by atoms with Crippen molar-refractivity contribution in [3.05, 3.63) is 0 Å². The van der Waals surface area contributed by atoms with Gasteiger partial charge >= 0.3 is 0 Å². The van der Waals surface area contributed by atoms with E-state index >= 15 is 0 Å². The molecule has 5 heterocycles. The number of hydrogen-bond donors (Lipinski definition) is 18. The van der Waals surface area contributed by atoms with Crippen LogP contribution >= 0.6 is 0 Å². The molecular weight excluding hydrogens is 934 g/mol. The summed E-state index contributed by atoms with van der Waals surface area (Å²) in [5, 5.41) is 183. The van der Waals surface area contributed by atoms with Crippen LogP contribution in [0.5, 0.6) is 0 Å². The maximum atomic E-state index is 13.0. The van der Waals surface area contributed by atoms with Gasteiger partial charge in [0.05, 0.1) is 38.6 Å². The average molecular weight is 1000 g/mol. The summed E-state index contributed by atoms with van der Waals surface area (Å²) in [6.07, 6.45) is -54.2. The SMILES string of the molecule is CC(=O)N[C@H]1[C@H](O[C@H]2[C@@H](O)[C@@H](CO)O[C@@H](O[C@@H]([C@H](O)[C@@H](O)C=O)[C@H](O)CO)[C@@H]2O)O[C@H](CO)[C@@H](O[C@@H]2O[C@H](CO)[C@H](O)[C@H](O)[C@H]2O[C@@H]2O[C@@H](C)[C@@H](O)[C@@H](O)[C@@H]2O)[C@@H]1O[C@@H]1O[C@@H](C)[C@@H](O)[C@@H](O)[C@@H]1O. The van der Waals surface area contributed by atoms with Crippen molar-refractivity contribution < 1.29 is 144 Å². The van der Waals surface area contributed by atoms with Crippen molar-refractivity contribution in [1.82, 2.24) is 5.32 Å². The predicted molar refractivity (Wildman–Crippen MR) is 209 cm³/mol. The fourth-order valence-electron chi connectivity index (χ4n) is 8.32. The highest BCUT2D eigenvalue weighted by atomic mass is 16.8. The van der Waals surface area contributed by atoms with E-state index in [0.29, 0.717) is 0 Å². The molecule has 0 aromatic heterocycles. The molecule has 5 rings (SSSR count). The zero-order valence-electron chi connectivity index (χ0n) is 36.7. The molecule has 18 N–H and O–H groups in total. The van der Waals surface area contributed by atoms with E-state index in [1.54, 1.807) is 0 Å². The number of hydrogen-bond acceptors (Lipinski definition) is 29. The first-order valence-electron chi connectivity index (χ1n) is 21.6. The highest BCUT2D eigenvalue weighted by molar-refractivity contribution is 5.73. The van der Waals surface area contributed by atoms with Gasteiger partial charge in [-0.1, -0.05) is 0 Å². The van der Waals surface area contributed by atoms with Crippen molar-refractivity contribution in [2.75, 3.05) is 26.4 Å². The first-order valence-corrected chi connectivity index (χ1v) is 21.6. The number of ether oxygens (including phenoxy) is 10. The van der Waals surface area contributed by atoms with Crippen molar-refractivity contribution in [3.63, 3.8) is 0 Å². The van der Waals surface area contributed by atoms with Crippen LogP contribution in [0.1, 0.15) is 20.8 Å². The summed E-state index contributed by atoms with van der Waals surface area (Å²) in [7, 11) is 0. The van der Waals surface area contributed by atoms with Gasteiger partial charge in [0, 0.05) is 6.92 Å². The van der Waals surface area contributed by atoms with Crippen LogP contribution in [0.4, 0.5) is 0 Å². The van der Waals surface area contributed by atoms with Crippen molar-refractivity contribution in [1.29, 1.82) is 0 Å². The Labute approximate surface area is 386 Å². The zero-order chi connectivity index (χ0) is 50.6. The molecule has 0 saturated carbocycles. The summed E-state index contributed by atoms with van der Waals surface area (Å²) >= 11 is 0. The highest BCUT2D eigenvalue weighted by Crippen LogP contribution is 2.37. The summed E-state index contributed by atoms with van der Waals surface area (Å²) in [4.78, 5) is 24.3. The number of aliphatic hydroxyl groups excluding tert-OH is 17. The smallest absolute Gasteiger partial charge is 0.217 e. The number of amides is 1. The van der Waals surface area contributed by atoms with Gasteiger partial charge < -0.3 is 144 Å². The molecule has 5 aliphatic rings. The average Bonchev–Trinajstić information content (AvgIpc) is 3.31. The number of nitrogens with one attached hydrogen (secondary N) is 1. The van der Waals surface area contributed by atoms with E-state index in [-0.39, 0.29) is 6.29 Å². The molecule has 0 aromatic rings. The number of carbonyl (C=O) groups is 2. The third-order valence-electron chi connectivity index (χ3n) is 12.3. The third-order valence-corrected chi connectivity index (χ3v) is 12.3. The Hall–Kier alpha value is -1.94. The van der Waals surface area contributed by atoms with Gasteiger partial charge in [-0.3, -0.25) is 4.79 Å². The molecule has 396 valence electrons. The molecule has 68 heavy (non-hydrogen) atoms. The predicted octanol–water partition coefficient (Wildman–Crippen LogP) is -12.1. The van der Waals surface area contributed by atoms with Crippen LogP contribution in [0.25, 0.3) is 0 Å². The lowest BCUT2D eigenvalue weighted by Gasteiger charge is -2.52. The Morgan fingerprint density at radius 1 is 0.529 bits per heavy atom. The second kappa shape index (κ2) is 24.7. The third kappa shape index (κ3) is 12.3. The normalized spacial score (nSPS) is 47.7. The molecule has 5 saturated heterocycles. The molecule has 5 aliphatic heterocycles. The van der Waals surface area contributed by atoms with Crippen LogP contribution in [0.2, 0.25) is 0 Å². The van der Waals surface area contributed by atoms with Crippen LogP contribution in [0.15, 0.2) is 0 Å². The topological polar surface area (TPSA) is 482 Å². The minimum atomic E-state index is -2.28. The Kier molecular flexibility index (Phi) is 20.7. The van der Waals surface area contributed by atoms with E-state index in [2.05, 4.69) is 5.32 Å². The van der Waals surface area contributed by atoms with Gasteiger partial charge in [0.15, 0.2) is 37.7 Å². The largest absolute Gasteiger partial charge is 0.394 e. The summed E-state index contributed by atoms with van der Waals surface area (Å²) in [6.45, 7) is -0.718. The number of aldehydes is 1. The van der Waals surface area contributed by atoms with Crippen molar-refractivity contribution >= 4 is 12.2 Å². The molecule has 5 fully saturated rings. The van der Waals surface area contributed by atoms with Crippen LogP contribution in [-0.2, 0) is 57.0 Å². The van der Waals surface area contributed by atoms with E-state index in [4.69, 9.17) is 47.4 Å². The fraction of sp³-hybridized carbons (Fsp3) is 0.947. The minimum Gasteiger partial charge on any atom is -0.394 e. The van der Waals surface area contributed by atoms with Gasteiger partial charge in [-0.2, -0.15) is 0 Å². The number of aliphatic hydroxyl groups is 17. The maximum absolute atomic E-state index is 13.0. The van der Waals surface area contributed by atoms with Gasteiger partial charge in [0.1, 0.15) is 134 Å². The van der Waals surface area contributed by atoms with Crippen molar-refractivity contribution in [2.24, 2.45) is 0 Å². The van der Waals surface area contributed by atoms with Crippen molar-refractivity contribution in [3.8, 4) is 0 Å². The lowest BCUT2D eigenvalue weighted by molar-refractivity contribution is -0.399. The molecule has 30 heteroatoms. The minimum absolute atomic E-state index is 0.136. The van der Waals surface area contributed by atoms with Crippen LogP contribution in [-0.4, -0.2) is 303 Å². The summed E-state index contributed by atoms with van der Waals surface area (Å²) < 4.78 is 58.2. The monoisotopic (exact) mass is 999 g/mol. The summed E-state index contributed by atoms with van der Waals surface area (Å²) in [5.74, 6) is -0.908. The maximum Gasteiger partial charge on any atom is 0.217 e. The fourth-order valence-corrected chi connectivity index (χ4v) is 8.32. The lowest BCUT2D eigenvalue weighted by Crippen LogP contribution is -2.71. The van der Waals surface area contributed by atoms with E-state index < -0.39 is 210 Å². The molecule has 0 aromatic carbocycles. The first-order chi connectivity index (χ1) is 32.0. The summed E-state index contributed by atoms with van der Waals surface area (Å²) in [6, 6.07) is -1.87. The second-order valence-electron chi connectivity index (χ2n) is 17.1. The van der Waals surface area contributed by atoms with E-state index in [1.807, 2.05) is 0 Å². The Balaban J connectivity index is 1.56.